The predicted octanol–water partition coefficient (Wildman–Crippen LogP) is 6.42. The second-order valence-electron chi connectivity index (χ2n) is 7.20. The molecule has 24 heavy (non-hydrogen) atoms. The average molecular weight is 323 g/mol. The van der Waals surface area contributed by atoms with Crippen molar-refractivity contribution >= 4 is 5.69 Å². The summed E-state index contributed by atoms with van der Waals surface area (Å²) < 4.78 is 6.28. The summed E-state index contributed by atoms with van der Waals surface area (Å²) in [5.74, 6) is 0.779. The lowest BCUT2D eigenvalue weighted by molar-refractivity contribution is 0.106. The smallest absolute Gasteiger partial charge is 0.131 e. The van der Waals surface area contributed by atoms with E-state index in [0.717, 1.165) is 40.8 Å². The van der Waals surface area contributed by atoms with E-state index in [0.29, 0.717) is 5.69 Å². The highest BCUT2D eigenvalue weighted by Crippen LogP contribution is 2.50. The van der Waals surface area contributed by atoms with Crippen LogP contribution in [0.2, 0.25) is 0 Å². The maximum absolute atomic E-state index is 11.5. The second kappa shape index (κ2) is 6.39. The van der Waals surface area contributed by atoms with Gasteiger partial charge in [-0.3, -0.25) is 0 Å². The molecule has 0 fully saturated rings. The molecule has 0 aromatic heterocycles. The third kappa shape index (κ3) is 2.95. The Morgan fingerprint density at radius 1 is 1.12 bits per heavy atom. The van der Waals surface area contributed by atoms with Crippen LogP contribution in [-0.2, 0) is 12.0 Å². The monoisotopic (exact) mass is 323 g/mol. The molecule has 0 amide bonds. The molecule has 0 N–H and O–H groups in total. The van der Waals surface area contributed by atoms with Crippen LogP contribution in [-0.4, -0.2) is 0 Å². The summed E-state index contributed by atoms with van der Waals surface area (Å²) in [7, 11) is 0. The highest BCUT2D eigenvalue weighted by molar-refractivity contribution is 5.86. The summed E-state index contributed by atoms with van der Waals surface area (Å²) in [4.78, 5) is 11.5. The quantitative estimate of drug-likeness (QED) is 0.470. The lowest BCUT2D eigenvalue weighted by Gasteiger charge is -2.35. The molecule has 0 bridgehead atoms. The number of hydrogen-bond donors (Lipinski definition) is 0. The first-order chi connectivity index (χ1) is 11.5. The molecule has 0 aliphatic carbocycles. The molecule has 0 unspecified atom stereocenters. The molecule has 2 aromatic carbocycles. The summed E-state index contributed by atoms with van der Waals surface area (Å²) in [5, 5.41) is 3.32. The maximum atomic E-state index is 11.5. The molecule has 1 aliphatic heterocycles. The van der Waals surface area contributed by atoms with Gasteiger partial charge in [-0.1, -0.05) is 43.5 Å². The molecule has 0 radical (unpaired) electrons. The van der Waals surface area contributed by atoms with E-state index in [2.05, 4.69) is 57.1 Å². The fraction of sp³-hybridized carbons (Fsp3) is 0.429. The lowest BCUT2D eigenvalue weighted by atomic mass is 9.84. The molecular weight excluding hydrogens is 298 g/mol. The van der Waals surface area contributed by atoms with Crippen LogP contribution in [0.25, 0.3) is 11.1 Å². The topological polar surface area (TPSA) is 38.7 Å². The zero-order valence-corrected chi connectivity index (χ0v) is 15.0. The molecule has 1 aliphatic rings. The van der Waals surface area contributed by atoms with Gasteiger partial charge in [-0.05, 0) is 62.0 Å². The van der Waals surface area contributed by atoms with Crippen LogP contribution in [0, 0.1) is 11.8 Å². The van der Waals surface area contributed by atoms with E-state index in [9.17, 15) is 4.91 Å². The van der Waals surface area contributed by atoms with E-state index >= 15 is 0 Å². The standard InChI is InChI=1S/C21H25NO2/c1-5-6-7-8-15-12-18(22-23)20-16-11-14(2)9-10-17(16)21(3,4)24-19(20)13-15/h9-13H,5-8H2,1-4H3. The number of unbranched alkanes of at least 4 members (excludes halogenated alkanes) is 2. The maximum Gasteiger partial charge on any atom is 0.131 e. The Morgan fingerprint density at radius 3 is 2.62 bits per heavy atom. The first kappa shape index (κ1) is 16.7. The van der Waals surface area contributed by atoms with Gasteiger partial charge in [0.2, 0.25) is 0 Å². The van der Waals surface area contributed by atoms with Crippen molar-refractivity contribution in [1.29, 1.82) is 0 Å². The van der Waals surface area contributed by atoms with Crippen molar-refractivity contribution in [3.05, 3.63) is 51.9 Å². The Balaban J connectivity index is 2.14. The SMILES string of the molecule is CCCCCc1cc(N=O)c2c(c1)OC(C)(C)c1ccc(C)cc1-2. The number of nitroso groups, excluding NO2 is 1. The van der Waals surface area contributed by atoms with Crippen LogP contribution >= 0.6 is 0 Å². The molecule has 1 heterocycles. The second-order valence-corrected chi connectivity index (χ2v) is 7.20. The van der Waals surface area contributed by atoms with E-state index < -0.39 is 5.60 Å². The largest absolute Gasteiger partial charge is 0.482 e. The van der Waals surface area contributed by atoms with E-state index in [-0.39, 0.29) is 0 Å². The van der Waals surface area contributed by atoms with Crippen molar-refractivity contribution in [3.8, 4) is 16.9 Å². The third-order valence-electron chi connectivity index (χ3n) is 4.77. The van der Waals surface area contributed by atoms with Crippen LogP contribution in [0.1, 0.15) is 56.7 Å². The van der Waals surface area contributed by atoms with E-state index in [4.69, 9.17) is 4.74 Å². The Bertz CT molecular complexity index is 778. The summed E-state index contributed by atoms with van der Waals surface area (Å²) >= 11 is 0. The molecule has 0 saturated heterocycles. The molecule has 0 saturated carbocycles. The zero-order chi connectivity index (χ0) is 17.3. The van der Waals surface area contributed by atoms with E-state index in [1.54, 1.807) is 0 Å². The lowest BCUT2D eigenvalue weighted by Crippen LogP contribution is -2.29. The van der Waals surface area contributed by atoms with Gasteiger partial charge in [0.1, 0.15) is 17.0 Å². The highest BCUT2D eigenvalue weighted by atomic mass is 16.5. The van der Waals surface area contributed by atoms with Crippen molar-refractivity contribution in [2.24, 2.45) is 5.18 Å². The van der Waals surface area contributed by atoms with Gasteiger partial charge in [0.15, 0.2) is 0 Å². The summed E-state index contributed by atoms with van der Waals surface area (Å²) in [6.45, 7) is 8.40. The summed E-state index contributed by atoms with van der Waals surface area (Å²) in [5.41, 5.74) is 5.37. The Labute approximate surface area is 144 Å². The number of rotatable bonds is 5. The molecule has 0 spiro atoms. The Kier molecular flexibility index (Phi) is 4.44. The minimum Gasteiger partial charge on any atom is -0.482 e. The van der Waals surface area contributed by atoms with Crippen LogP contribution < -0.4 is 4.74 Å². The van der Waals surface area contributed by atoms with Gasteiger partial charge in [-0.15, -0.1) is 4.91 Å². The van der Waals surface area contributed by atoms with Crippen molar-refractivity contribution in [3.63, 3.8) is 0 Å². The number of aryl methyl sites for hydroxylation is 2. The normalized spacial score (nSPS) is 14.5. The zero-order valence-electron chi connectivity index (χ0n) is 15.0. The van der Waals surface area contributed by atoms with Gasteiger partial charge >= 0.3 is 0 Å². The van der Waals surface area contributed by atoms with Gasteiger partial charge < -0.3 is 4.74 Å². The van der Waals surface area contributed by atoms with Crippen LogP contribution in [0.5, 0.6) is 5.75 Å². The minimum atomic E-state index is -0.418. The predicted molar refractivity (Wildman–Crippen MR) is 99.0 cm³/mol. The molecule has 2 aromatic rings. The van der Waals surface area contributed by atoms with Gasteiger partial charge in [0, 0.05) is 5.56 Å². The number of nitrogens with zero attached hydrogens (tertiary/aromatic N) is 1. The van der Waals surface area contributed by atoms with Crippen molar-refractivity contribution in [2.45, 2.75) is 59.0 Å². The minimum absolute atomic E-state index is 0.418. The molecule has 3 heteroatoms. The number of benzene rings is 2. The summed E-state index contributed by atoms with van der Waals surface area (Å²) in [6.07, 6.45) is 4.44. The molecular formula is C21H25NO2. The molecule has 3 nitrogen and oxygen atoms in total. The summed E-state index contributed by atoms with van der Waals surface area (Å²) in [6, 6.07) is 10.3. The number of hydrogen-bond acceptors (Lipinski definition) is 3. The Hall–Kier alpha value is -2.16. The van der Waals surface area contributed by atoms with Crippen LogP contribution in [0.3, 0.4) is 0 Å². The van der Waals surface area contributed by atoms with Crippen LogP contribution in [0.15, 0.2) is 35.5 Å². The van der Waals surface area contributed by atoms with Gasteiger partial charge in [-0.25, -0.2) is 0 Å². The average Bonchev–Trinajstić information content (AvgIpc) is 2.53. The Morgan fingerprint density at radius 2 is 1.92 bits per heavy atom. The molecule has 0 atom stereocenters. The molecule has 3 rings (SSSR count). The first-order valence-corrected chi connectivity index (χ1v) is 8.77. The number of fused-ring (bicyclic) bond motifs is 3. The van der Waals surface area contributed by atoms with Gasteiger partial charge in [-0.2, -0.15) is 0 Å². The number of ether oxygens (including phenoxy) is 1. The fourth-order valence-electron chi connectivity index (χ4n) is 3.52. The van der Waals surface area contributed by atoms with E-state index in [1.807, 2.05) is 6.07 Å². The molecule has 126 valence electrons. The highest BCUT2D eigenvalue weighted by Gasteiger charge is 2.34. The van der Waals surface area contributed by atoms with Crippen molar-refractivity contribution < 1.29 is 4.74 Å². The van der Waals surface area contributed by atoms with Crippen molar-refractivity contribution in [2.75, 3.05) is 0 Å². The van der Waals surface area contributed by atoms with Crippen LogP contribution in [0.4, 0.5) is 5.69 Å². The van der Waals surface area contributed by atoms with Gasteiger partial charge in [0.05, 0.1) is 5.56 Å². The van der Waals surface area contributed by atoms with E-state index in [1.165, 1.54) is 18.4 Å². The van der Waals surface area contributed by atoms with Crippen molar-refractivity contribution in [1.82, 2.24) is 0 Å². The first-order valence-electron chi connectivity index (χ1n) is 8.77. The third-order valence-corrected chi connectivity index (χ3v) is 4.77. The fourth-order valence-corrected chi connectivity index (χ4v) is 3.52. The van der Waals surface area contributed by atoms with Gasteiger partial charge in [0.25, 0.3) is 0 Å².